The second-order valence-corrected chi connectivity index (χ2v) is 17.1. The molecule has 0 aliphatic heterocycles. The van der Waals surface area contributed by atoms with Crippen LogP contribution < -0.4 is 0 Å². The lowest BCUT2D eigenvalue weighted by Gasteiger charge is -2.18. The number of unbranched alkanes of at least 4 members (excludes halogenated alkanes) is 31. The molecule has 0 N–H and O–H groups in total. The van der Waals surface area contributed by atoms with Gasteiger partial charge in [-0.25, -0.2) is 0 Å². The Hall–Kier alpha value is -2.11. The standard InChI is InChI=1S/C52H96O6/c1-4-7-10-13-16-19-22-23-24-25-26-27-28-31-33-36-39-42-45-51(54)57-48-49(58-52(55)46-43-40-37-34-30-21-18-15-12-9-6-3)47-56-50(53)44-41-38-35-32-29-20-17-14-11-8-5-2/h15,18,24-25,49H,4-14,16-17,19-23,26-48H2,1-3H3/b18-15-,25-24-. The Morgan fingerprint density at radius 2 is 0.586 bits per heavy atom. The van der Waals surface area contributed by atoms with Gasteiger partial charge in [0.05, 0.1) is 0 Å². The van der Waals surface area contributed by atoms with Crippen LogP contribution in [-0.2, 0) is 28.6 Å². The molecular formula is C52H96O6. The summed E-state index contributed by atoms with van der Waals surface area (Å²) in [5.74, 6) is -0.878. The van der Waals surface area contributed by atoms with Crippen molar-refractivity contribution in [2.45, 2.75) is 277 Å². The number of hydrogen-bond donors (Lipinski definition) is 0. The van der Waals surface area contributed by atoms with E-state index >= 15 is 0 Å². The average molecular weight is 817 g/mol. The molecule has 0 saturated heterocycles. The van der Waals surface area contributed by atoms with Crippen molar-refractivity contribution in [2.24, 2.45) is 0 Å². The molecule has 0 aromatic carbocycles. The highest BCUT2D eigenvalue weighted by atomic mass is 16.6. The van der Waals surface area contributed by atoms with Gasteiger partial charge >= 0.3 is 17.9 Å². The fourth-order valence-corrected chi connectivity index (χ4v) is 7.30. The molecule has 0 rings (SSSR count). The van der Waals surface area contributed by atoms with E-state index in [2.05, 4.69) is 45.1 Å². The Bertz CT molecular complexity index is 942. The van der Waals surface area contributed by atoms with Gasteiger partial charge in [0.25, 0.3) is 0 Å². The second kappa shape index (κ2) is 47.6. The van der Waals surface area contributed by atoms with E-state index in [0.29, 0.717) is 19.3 Å². The zero-order chi connectivity index (χ0) is 42.3. The van der Waals surface area contributed by atoms with Gasteiger partial charge in [-0.15, -0.1) is 0 Å². The van der Waals surface area contributed by atoms with Gasteiger partial charge in [0.2, 0.25) is 0 Å². The molecule has 0 radical (unpaired) electrons. The zero-order valence-electron chi connectivity index (χ0n) is 38.8. The van der Waals surface area contributed by atoms with Gasteiger partial charge in [0, 0.05) is 19.3 Å². The lowest BCUT2D eigenvalue weighted by atomic mass is 10.1. The van der Waals surface area contributed by atoms with E-state index in [0.717, 1.165) is 70.6 Å². The van der Waals surface area contributed by atoms with Crippen molar-refractivity contribution < 1.29 is 28.6 Å². The quantitative estimate of drug-likeness (QED) is 0.0263. The zero-order valence-corrected chi connectivity index (χ0v) is 38.8. The van der Waals surface area contributed by atoms with Crippen LogP contribution >= 0.6 is 0 Å². The third-order valence-electron chi connectivity index (χ3n) is 11.2. The molecule has 0 spiro atoms. The van der Waals surface area contributed by atoms with E-state index in [-0.39, 0.29) is 31.1 Å². The van der Waals surface area contributed by atoms with Gasteiger partial charge in [-0.2, -0.15) is 0 Å². The predicted octanol–water partition coefficient (Wildman–Crippen LogP) is 16.4. The molecule has 0 fully saturated rings. The summed E-state index contributed by atoms with van der Waals surface area (Å²) in [6.45, 7) is 6.60. The third kappa shape index (κ3) is 45.0. The number of esters is 3. The molecule has 1 atom stereocenters. The normalized spacial score (nSPS) is 12.1. The molecule has 0 aliphatic rings. The summed E-state index contributed by atoms with van der Waals surface area (Å²) in [4.78, 5) is 37.8. The summed E-state index contributed by atoms with van der Waals surface area (Å²) < 4.78 is 16.7. The highest BCUT2D eigenvalue weighted by molar-refractivity contribution is 5.71. The minimum atomic E-state index is -0.771. The van der Waals surface area contributed by atoms with E-state index in [9.17, 15) is 14.4 Å². The summed E-state index contributed by atoms with van der Waals surface area (Å²) >= 11 is 0. The molecule has 6 heteroatoms. The van der Waals surface area contributed by atoms with Crippen molar-refractivity contribution in [3.8, 4) is 0 Å². The minimum absolute atomic E-state index is 0.0728. The number of carbonyl (C=O) groups is 3. The fraction of sp³-hybridized carbons (Fsp3) is 0.865. The molecular weight excluding hydrogens is 721 g/mol. The number of hydrogen-bond acceptors (Lipinski definition) is 6. The van der Waals surface area contributed by atoms with E-state index in [1.807, 2.05) is 0 Å². The van der Waals surface area contributed by atoms with Crippen molar-refractivity contribution >= 4 is 17.9 Å². The Kier molecular flexibility index (Phi) is 45.8. The van der Waals surface area contributed by atoms with Crippen LogP contribution in [0.25, 0.3) is 0 Å². The van der Waals surface area contributed by atoms with E-state index in [1.54, 1.807) is 0 Å². The molecule has 0 aromatic rings. The first-order chi connectivity index (χ1) is 28.5. The summed E-state index contributed by atoms with van der Waals surface area (Å²) in [5.41, 5.74) is 0. The number of rotatable bonds is 46. The van der Waals surface area contributed by atoms with Crippen LogP contribution in [0.1, 0.15) is 271 Å². The average Bonchev–Trinajstić information content (AvgIpc) is 3.22. The topological polar surface area (TPSA) is 78.9 Å². The molecule has 0 aromatic heterocycles. The maximum absolute atomic E-state index is 12.7. The smallest absolute Gasteiger partial charge is 0.306 e. The number of allylic oxidation sites excluding steroid dienone is 4. The Morgan fingerprint density at radius 1 is 0.328 bits per heavy atom. The first-order valence-corrected chi connectivity index (χ1v) is 25.3. The highest BCUT2D eigenvalue weighted by Crippen LogP contribution is 2.15. The van der Waals surface area contributed by atoms with E-state index in [1.165, 1.54) is 161 Å². The first kappa shape index (κ1) is 55.9. The van der Waals surface area contributed by atoms with Crippen LogP contribution in [0.4, 0.5) is 0 Å². The summed E-state index contributed by atoms with van der Waals surface area (Å²) in [5, 5.41) is 0. The van der Waals surface area contributed by atoms with Crippen molar-refractivity contribution in [3.05, 3.63) is 24.3 Å². The van der Waals surface area contributed by atoms with Gasteiger partial charge in [0.15, 0.2) is 6.10 Å². The van der Waals surface area contributed by atoms with Crippen LogP contribution in [0.3, 0.4) is 0 Å². The predicted molar refractivity (Wildman–Crippen MR) is 247 cm³/mol. The Morgan fingerprint density at radius 3 is 0.914 bits per heavy atom. The van der Waals surface area contributed by atoms with Crippen LogP contribution in [0, 0.1) is 0 Å². The summed E-state index contributed by atoms with van der Waals surface area (Å²) in [6.07, 6.45) is 53.0. The van der Waals surface area contributed by atoms with Gasteiger partial charge in [-0.3, -0.25) is 14.4 Å². The Balaban J connectivity index is 4.29. The number of ether oxygens (including phenoxy) is 3. The third-order valence-corrected chi connectivity index (χ3v) is 11.2. The van der Waals surface area contributed by atoms with Crippen molar-refractivity contribution in [1.82, 2.24) is 0 Å². The summed E-state index contributed by atoms with van der Waals surface area (Å²) in [6, 6.07) is 0. The van der Waals surface area contributed by atoms with E-state index in [4.69, 9.17) is 14.2 Å². The maximum atomic E-state index is 12.7. The van der Waals surface area contributed by atoms with Gasteiger partial charge < -0.3 is 14.2 Å². The van der Waals surface area contributed by atoms with Gasteiger partial charge in [-0.05, 0) is 64.2 Å². The fourth-order valence-electron chi connectivity index (χ4n) is 7.30. The van der Waals surface area contributed by atoms with Crippen LogP contribution in [0.5, 0.6) is 0 Å². The van der Waals surface area contributed by atoms with Gasteiger partial charge in [0.1, 0.15) is 13.2 Å². The first-order valence-electron chi connectivity index (χ1n) is 25.3. The number of carbonyl (C=O) groups excluding carboxylic acids is 3. The SMILES string of the molecule is CCCC/C=C\CCCCCCCC(=O)OC(COC(=O)CCCCCCCCC/C=C\CCCCCCCCC)COC(=O)CCCCCCCCCCCCC. The minimum Gasteiger partial charge on any atom is -0.462 e. The summed E-state index contributed by atoms with van der Waals surface area (Å²) in [7, 11) is 0. The van der Waals surface area contributed by atoms with Crippen LogP contribution in [0.2, 0.25) is 0 Å². The molecule has 340 valence electrons. The second-order valence-electron chi connectivity index (χ2n) is 17.1. The van der Waals surface area contributed by atoms with Crippen LogP contribution in [0.15, 0.2) is 24.3 Å². The Labute approximate surface area is 360 Å². The van der Waals surface area contributed by atoms with Crippen molar-refractivity contribution in [2.75, 3.05) is 13.2 Å². The monoisotopic (exact) mass is 817 g/mol. The van der Waals surface area contributed by atoms with Gasteiger partial charge in [-0.1, -0.05) is 212 Å². The molecule has 0 heterocycles. The van der Waals surface area contributed by atoms with Crippen molar-refractivity contribution in [1.29, 1.82) is 0 Å². The molecule has 6 nitrogen and oxygen atoms in total. The molecule has 0 amide bonds. The molecule has 1 unspecified atom stereocenters. The lowest BCUT2D eigenvalue weighted by Crippen LogP contribution is -2.30. The molecule has 0 saturated carbocycles. The lowest BCUT2D eigenvalue weighted by molar-refractivity contribution is -0.167. The van der Waals surface area contributed by atoms with Crippen molar-refractivity contribution in [3.63, 3.8) is 0 Å². The highest BCUT2D eigenvalue weighted by Gasteiger charge is 2.19. The maximum Gasteiger partial charge on any atom is 0.306 e. The van der Waals surface area contributed by atoms with Crippen LogP contribution in [-0.4, -0.2) is 37.2 Å². The largest absolute Gasteiger partial charge is 0.462 e. The molecule has 0 aliphatic carbocycles. The van der Waals surface area contributed by atoms with E-state index < -0.39 is 6.10 Å². The molecule has 0 bridgehead atoms. The molecule has 58 heavy (non-hydrogen) atoms.